The number of aromatic nitrogens is 1. The molecule has 1 aromatic heterocycles. The number of H-pyrrole nitrogens is 1. The molecule has 2 aromatic rings. The minimum atomic E-state index is -0.186. The quantitative estimate of drug-likeness (QED) is 0.414. The molecular weight excluding hydrogens is 371 g/mol. The summed E-state index contributed by atoms with van der Waals surface area (Å²) < 4.78 is 13.4. The molecule has 0 saturated heterocycles. The van der Waals surface area contributed by atoms with Crippen LogP contribution < -0.4 is 5.32 Å². The van der Waals surface area contributed by atoms with Gasteiger partial charge in [-0.2, -0.15) is 0 Å². The highest BCUT2D eigenvalue weighted by Crippen LogP contribution is 2.39. The van der Waals surface area contributed by atoms with Gasteiger partial charge in [0, 0.05) is 24.4 Å². The number of rotatable bonds is 10. The summed E-state index contributed by atoms with van der Waals surface area (Å²) in [6.07, 6.45) is 10.0. The Morgan fingerprint density at radius 1 is 1.23 bits per heavy atom. The van der Waals surface area contributed by atoms with Crippen molar-refractivity contribution < 1.29 is 4.39 Å². The fraction of sp³-hybridized carbons (Fsp3) is 0.407. The van der Waals surface area contributed by atoms with Crippen LogP contribution in [0.4, 0.5) is 4.39 Å². The lowest BCUT2D eigenvalue weighted by molar-refractivity contribution is 0.384. The van der Waals surface area contributed by atoms with Gasteiger partial charge in [-0.1, -0.05) is 51.1 Å². The van der Waals surface area contributed by atoms with Gasteiger partial charge in [0.2, 0.25) is 0 Å². The molecule has 0 radical (unpaired) electrons. The Hall–Kier alpha value is -2.39. The molecule has 0 saturated carbocycles. The molecule has 0 spiro atoms. The van der Waals surface area contributed by atoms with Crippen molar-refractivity contribution in [1.29, 1.82) is 0 Å². The van der Waals surface area contributed by atoms with Gasteiger partial charge in [-0.05, 0) is 84.7 Å². The number of aromatic amines is 1. The van der Waals surface area contributed by atoms with E-state index < -0.39 is 0 Å². The summed E-state index contributed by atoms with van der Waals surface area (Å²) in [5.74, 6) is -0.186. The van der Waals surface area contributed by atoms with Crippen LogP contribution in [0, 0.1) is 11.2 Å². The minimum Gasteiger partial charge on any atom is -0.361 e. The number of benzene rings is 1. The smallest absolute Gasteiger partial charge is 0.123 e. The average Bonchev–Trinajstić information content (AvgIpc) is 3.14. The van der Waals surface area contributed by atoms with Crippen molar-refractivity contribution >= 4 is 0 Å². The molecule has 1 heterocycles. The number of halogens is 1. The second-order valence-electron chi connectivity index (χ2n) is 8.90. The van der Waals surface area contributed by atoms with Gasteiger partial charge in [-0.15, -0.1) is 0 Å². The summed E-state index contributed by atoms with van der Waals surface area (Å²) >= 11 is 0. The Kier molecular flexibility index (Phi) is 7.49. The van der Waals surface area contributed by atoms with Gasteiger partial charge in [0.25, 0.3) is 0 Å². The zero-order valence-electron chi connectivity index (χ0n) is 18.7. The third-order valence-electron chi connectivity index (χ3n) is 6.00. The van der Waals surface area contributed by atoms with E-state index in [0.717, 1.165) is 42.9 Å². The van der Waals surface area contributed by atoms with E-state index in [1.165, 1.54) is 35.6 Å². The van der Waals surface area contributed by atoms with Crippen LogP contribution in [0.3, 0.4) is 0 Å². The summed E-state index contributed by atoms with van der Waals surface area (Å²) in [7, 11) is 0. The molecule has 3 rings (SSSR count). The third kappa shape index (κ3) is 6.06. The molecule has 30 heavy (non-hydrogen) atoms. The Balaban J connectivity index is 1.47. The molecule has 2 N–H and O–H groups in total. The van der Waals surface area contributed by atoms with Crippen molar-refractivity contribution in [2.45, 2.75) is 59.4 Å². The first-order valence-corrected chi connectivity index (χ1v) is 11.1. The van der Waals surface area contributed by atoms with Crippen LogP contribution >= 0.6 is 0 Å². The number of hydrogen-bond acceptors (Lipinski definition) is 1. The summed E-state index contributed by atoms with van der Waals surface area (Å²) in [6, 6.07) is 11.0. The fourth-order valence-corrected chi connectivity index (χ4v) is 4.30. The van der Waals surface area contributed by atoms with E-state index in [-0.39, 0.29) is 11.2 Å². The predicted octanol–water partition coefficient (Wildman–Crippen LogP) is 6.86. The van der Waals surface area contributed by atoms with E-state index in [4.69, 9.17) is 0 Å². The predicted molar refractivity (Wildman–Crippen MR) is 125 cm³/mol. The van der Waals surface area contributed by atoms with Crippen molar-refractivity contribution in [2.24, 2.45) is 5.41 Å². The third-order valence-corrected chi connectivity index (χ3v) is 6.00. The lowest BCUT2D eigenvalue weighted by Crippen LogP contribution is -2.19. The number of hydrogen-bond donors (Lipinski definition) is 2. The average molecular weight is 407 g/mol. The zero-order chi connectivity index (χ0) is 21.6. The zero-order valence-corrected chi connectivity index (χ0v) is 18.7. The van der Waals surface area contributed by atoms with Gasteiger partial charge in [0.15, 0.2) is 0 Å². The molecule has 0 fully saturated rings. The molecule has 1 unspecified atom stereocenters. The molecule has 3 heteroatoms. The van der Waals surface area contributed by atoms with Crippen LogP contribution in [0.25, 0.3) is 0 Å². The first-order chi connectivity index (χ1) is 14.4. The highest BCUT2D eigenvalue weighted by atomic mass is 19.1. The SMILES string of the molecule is C=C(CCNCc1ccc(Cc2cccc(F)c2)[nH]1)C1=CC(C)(CCC)CC=C1C. The highest BCUT2D eigenvalue weighted by molar-refractivity contribution is 5.47. The maximum atomic E-state index is 13.4. The lowest BCUT2D eigenvalue weighted by atomic mass is 9.74. The van der Waals surface area contributed by atoms with Gasteiger partial charge >= 0.3 is 0 Å². The molecule has 0 aliphatic heterocycles. The maximum Gasteiger partial charge on any atom is 0.123 e. The maximum absolute atomic E-state index is 13.4. The molecule has 1 aromatic carbocycles. The van der Waals surface area contributed by atoms with Crippen molar-refractivity contribution in [2.75, 3.05) is 6.54 Å². The van der Waals surface area contributed by atoms with Crippen LogP contribution in [0.5, 0.6) is 0 Å². The summed E-state index contributed by atoms with van der Waals surface area (Å²) in [5.41, 5.74) is 7.42. The van der Waals surface area contributed by atoms with E-state index in [1.54, 1.807) is 12.1 Å². The van der Waals surface area contributed by atoms with E-state index in [1.807, 2.05) is 6.07 Å². The molecule has 0 bridgehead atoms. The second kappa shape index (κ2) is 10.1. The fourth-order valence-electron chi connectivity index (χ4n) is 4.30. The lowest BCUT2D eigenvalue weighted by Gasteiger charge is -2.31. The molecular formula is C27H35FN2. The topological polar surface area (TPSA) is 27.8 Å². The summed E-state index contributed by atoms with van der Waals surface area (Å²) in [5, 5.41) is 3.52. The van der Waals surface area contributed by atoms with E-state index in [0.29, 0.717) is 6.42 Å². The van der Waals surface area contributed by atoms with Crippen molar-refractivity contribution in [3.8, 4) is 0 Å². The minimum absolute atomic E-state index is 0.186. The molecule has 1 aliphatic rings. The van der Waals surface area contributed by atoms with Crippen LogP contribution in [0.1, 0.15) is 63.4 Å². The van der Waals surface area contributed by atoms with Crippen molar-refractivity contribution in [3.05, 3.63) is 94.6 Å². The van der Waals surface area contributed by atoms with Gasteiger partial charge in [0.1, 0.15) is 5.82 Å². The van der Waals surface area contributed by atoms with E-state index in [2.05, 4.69) is 61.9 Å². The van der Waals surface area contributed by atoms with Crippen molar-refractivity contribution in [1.82, 2.24) is 10.3 Å². The monoisotopic (exact) mass is 406 g/mol. The van der Waals surface area contributed by atoms with Gasteiger partial charge in [0.05, 0.1) is 0 Å². The molecule has 160 valence electrons. The largest absolute Gasteiger partial charge is 0.361 e. The van der Waals surface area contributed by atoms with Gasteiger partial charge in [-0.25, -0.2) is 4.39 Å². The van der Waals surface area contributed by atoms with E-state index >= 15 is 0 Å². The van der Waals surface area contributed by atoms with Gasteiger partial charge in [-0.3, -0.25) is 0 Å². The van der Waals surface area contributed by atoms with Crippen LogP contribution in [0.15, 0.2) is 71.8 Å². The first kappa shape index (κ1) is 22.3. The van der Waals surface area contributed by atoms with Crippen molar-refractivity contribution in [3.63, 3.8) is 0 Å². The Bertz CT molecular complexity index is 934. The van der Waals surface area contributed by atoms with Crippen LogP contribution in [-0.4, -0.2) is 11.5 Å². The molecule has 1 atom stereocenters. The summed E-state index contributed by atoms with van der Waals surface area (Å²) in [4.78, 5) is 3.44. The number of nitrogens with one attached hydrogen (secondary N) is 2. The Morgan fingerprint density at radius 3 is 2.80 bits per heavy atom. The van der Waals surface area contributed by atoms with Crippen LogP contribution in [-0.2, 0) is 13.0 Å². The summed E-state index contributed by atoms with van der Waals surface area (Å²) in [6.45, 7) is 12.9. The Labute approximate surface area is 181 Å². The van der Waals surface area contributed by atoms with Gasteiger partial charge < -0.3 is 10.3 Å². The van der Waals surface area contributed by atoms with Crippen LogP contribution in [0.2, 0.25) is 0 Å². The second-order valence-corrected chi connectivity index (χ2v) is 8.90. The molecule has 2 nitrogen and oxygen atoms in total. The number of allylic oxidation sites excluding steroid dienone is 4. The Morgan fingerprint density at radius 2 is 2.03 bits per heavy atom. The van der Waals surface area contributed by atoms with E-state index in [9.17, 15) is 4.39 Å². The normalized spacial score (nSPS) is 18.8. The standard InChI is InChI=1S/C27H35FN2/c1-5-13-27(4)14-11-20(2)26(18-27)21(3)12-15-29-19-25-10-9-24(30-25)17-22-7-6-8-23(28)16-22/h6-11,16,18,29-30H,3,5,12-15,17,19H2,1-2,4H3. The highest BCUT2D eigenvalue weighted by Gasteiger charge is 2.24. The molecule has 1 aliphatic carbocycles. The molecule has 0 amide bonds. The first-order valence-electron chi connectivity index (χ1n) is 11.1.